The van der Waals surface area contributed by atoms with Gasteiger partial charge in [0, 0.05) is 30.9 Å². The summed E-state index contributed by atoms with van der Waals surface area (Å²) in [7, 11) is -1.96. The lowest BCUT2D eigenvalue weighted by atomic mass is 10.1. The molecule has 0 heterocycles. The summed E-state index contributed by atoms with van der Waals surface area (Å²) >= 11 is 0. The predicted molar refractivity (Wildman–Crippen MR) is 123 cm³/mol. The second kappa shape index (κ2) is 10.4. The van der Waals surface area contributed by atoms with E-state index in [0.717, 1.165) is 6.54 Å². The van der Waals surface area contributed by atoms with Gasteiger partial charge in [0.2, 0.25) is 0 Å². The van der Waals surface area contributed by atoms with E-state index < -0.39 is 15.8 Å². The van der Waals surface area contributed by atoms with Crippen molar-refractivity contribution in [2.75, 3.05) is 24.9 Å². The van der Waals surface area contributed by atoms with E-state index in [-0.39, 0.29) is 22.1 Å². The van der Waals surface area contributed by atoms with Gasteiger partial charge in [0.05, 0.1) is 4.90 Å². The molecule has 0 aliphatic heterocycles. The summed E-state index contributed by atoms with van der Waals surface area (Å²) in [6.07, 6.45) is 0. The fraction of sp³-hybridized carbons (Fsp3) is 0.208. The summed E-state index contributed by atoms with van der Waals surface area (Å²) in [5, 5.41) is 2.85. The molecule has 0 saturated heterocycles. The number of likely N-dealkylation sites (N-methyl/N-ethyl adjacent to an activating group) is 1. The third-order valence-corrected chi connectivity index (χ3v) is 6.31. The molecule has 0 aromatic heterocycles. The molecule has 0 spiro atoms. The molecular formula is C24H26FN3O3S. The summed E-state index contributed by atoms with van der Waals surface area (Å²) in [4.78, 5) is 14.7. The average Bonchev–Trinajstić information content (AvgIpc) is 2.76. The van der Waals surface area contributed by atoms with Crippen molar-refractivity contribution in [1.29, 1.82) is 0 Å². The standard InChI is InChI=1S/C24H26FN3O3S/c1-18-8-13-22(32(30,31)27-21-11-9-20(25)10-12-21)16-23(18)24(29)26-14-15-28(2)17-19-6-4-3-5-7-19/h3-13,16,27H,14-15,17H2,1-2H3,(H,26,29). The average molecular weight is 456 g/mol. The Morgan fingerprint density at radius 2 is 1.69 bits per heavy atom. The lowest BCUT2D eigenvalue weighted by Crippen LogP contribution is -2.33. The summed E-state index contributed by atoms with van der Waals surface area (Å²) < 4.78 is 40.9. The summed E-state index contributed by atoms with van der Waals surface area (Å²) in [6.45, 7) is 3.58. The number of hydrogen-bond acceptors (Lipinski definition) is 4. The molecule has 3 rings (SSSR count). The number of aryl methyl sites for hydroxylation is 1. The van der Waals surface area contributed by atoms with Crippen LogP contribution in [-0.4, -0.2) is 39.4 Å². The van der Waals surface area contributed by atoms with Gasteiger partial charge in [-0.25, -0.2) is 12.8 Å². The number of hydrogen-bond donors (Lipinski definition) is 2. The minimum Gasteiger partial charge on any atom is -0.351 e. The topological polar surface area (TPSA) is 78.5 Å². The minimum atomic E-state index is -3.93. The predicted octanol–water partition coefficient (Wildman–Crippen LogP) is 3.80. The Labute approximate surface area is 188 Å². The number of carbonyl (C=O) groups excluding carboxylic acids is 1. The molecule has 0 saturated carbocycles. The molecule has 32 heavy (non-hydrogen) atoms. The maximum absolute atomic E-state index is 13.1. The van der Waals surface area contributed by atoms with E-state index in [1.807, 2.05) is 37.4 Å². The molecule has 0 aliphatic rings. The van der Waals surface area contributed by atoms with Gasteiger partial charge >= 0.3 is 0 Å². The molecule has 0 bridgehead atoms. The van der Waals surface area contributed by atoms with Crippen molar-refractivity contribution in [3.8, 4) is 0 Å². The number of halogens is 1. The Bertz CT molecular complexity index is 1170. The van der Waals surface area contributed by atoms with E-state index in [9.17, 15) is 17.6 Å². The van der Waals surface area contributed by atoms with Crippen LogP contribution in [0.2, 0.25) is 0 Å². The third-order valence-electron chi connectivity index (χ3n) is 4.93. The smallest absolute Gasteiger partial charge is 0.261 e. The first-order valence-corrected chi connectivity index (χ1v) is 11.6. The zero-order valence-corrected chi connectivity index (χ0v) is 18.8. The Balaban J connectivity index is 1.62. The summed E-state index contributed by atoms with van der Waals surface area (Å²) in [5.41, 5.74) is 2.38. The van der Waals surface area contributed by atoms with Crippen molar-refractivity contribution in [1.82, 2.24) is 10.2 Å². The molecular weight excluding hydrogens is 429 g/mol. The van der Waals surface area contributed by atoms with Crippen molar-refractivity contribution in [2.45, 2.75) is 18.4 Å². The number of rotatable bonds is 9. The Morgan fingerprint density at radius 1 is 1.00 bits per heavy atom. The van der Waals surface area contributed by atoms with E-state index in [1.165, 1.54) is 42.0 Å². The van der Waals surface area contributed by atoms with Gasteiger partial charge < -0.3 is 10.2 Å². The largest absolute Gasteiger partial charge is 0.351 e. The maximum Gasteiger partial charge on any atom is 0.261 e. The number of amides is 1. The van der Waals surface area contributed by atoms with Gasteiger partial charge in [-0.1, -0.05) is 36.4 Å². The molecule has 0 fully saturated rings. The van der Waals surface area contributed by atoms with Crippen LogP contribution in [-0.2, 0) is 16.6 Å². The first kappa shape index (κ1) is 23.4. The van der Waals surface area contributed by atoms with Crippen LogP contribution in [0.4, 0.5) is 10.1 Å². The molecule has 3 aromatic carbocycles. The van der Waals surface area contributed by atoms with E-state index in [1.54, 1.807) is 13.0 Å². The van der Waals surface area contributed by atoms with E-state index in [4.69, 9.17) is 0 Å². The zero-order valence-electron chi connectivity index (χ0n) is 18.0. The van der Waals surface area contributed by atoms with Crippen LogP contribution in [0, 0.1) is 12.7 Å². The van der Waals surface area contributed by atoms with Gasteiger partial charge in [-0.05, 0) is 61.5 Å². The second-order valence-electron chi connectivity index (χ2n) is 7.57. The first-order valence-electron chi connectivity index (χ1n) is 10.1. The fourth-order valence-electron chi connectivity index (χ4n) is 3.17. The number of anilines is 1. The molecule has 2 N–H and O–H groups in total. The molecule has 0 radical (unpaired) electrons. The highest BCUT2D eigenvalue weighted by molar-refractivity contribution is 7.92. The minimum absolute atomic E-state index is 0.0428. The number of carbonyl (C=O) groups is 1. The quantitative estimate of drug-likeness (QED) is 0.515. The Kier molecular flexibility index (Phi) is 7.61. The third kappa shape index (κ3) is 6.38. The van der Waals surface area contributed by atoms with E-state index in [2.05, 4.69) is 14.9 Å². The van der Waals surface area contributed by atoms with Crippen molar-refractivity contribution < 1.29 is 17.6 Å². The molecule has 0 aliphatic carbocycles. The van der Waals surface area contributed by atoms with Crippen molar-refractivity contribution in [2.24, 2.45) is 0 Å². The molecule has 0 atom stereocenters. The van der Waals surface area contributed by atoms with Crippen molar-refractivity contribution in [3.05, 3.63) is 95.3 Å². The van der Waals surface area contributed by atoms with Crippen molar-refractivity contribution >= 4 is 21.6 Å². The lowest BCUT2D eigenvalue weighted by molar-refractivity contribution is 0.0949. The number of nitrogens with zero attached hydrogens (tertiary/aromatic N) is 1. The zero-order chi connectivity index (χ0) is 23.1. The lowest BCUT2D eigenvalue weighted by Gasteiger charge is -2.17. The van der Waals surface area contributed by atoms with Gasteiger partial charge in [-0.2, -0.15) is 0 Å². The molecule has 6 nitrogen and oxygen atoms in total. The molecule has 3 aromatic rings. The summed E-state index contributed by atoms with van der Waals surface area (Å²) in [6, 6.07) is 19.4. The molecule has 8 heteroatoms. The highest BCUT2D eigenvalue weighted by Gasteiger charge is 2.18. The highest BCUT2D eigenvalue weighted by atomic mass is 32.2. The van der Waals surface area contributed by atoms with Gasteiger partial charge in [-0.3, -0.25) is 9.52 Å². The van der Waals surface area contributed by atoms with Crippen LogP contribution < -0.4 is 10.0 Å². The fourth-order valence-corrected chi connectivity index (χ4v) is 4.26. The number of nitrogens with one attached hydrogen (secondary N) is 2. The number of benzene rings is 3. The highest BCUT2D eigenvalue weighted by Crippen LogP contribution is 2.19. The molecule has 168 valence electrons. The molecule has 1 amide bonds. The normalized spacial score (nSPS) is 11.4. The first-order chi connectivity index (χ1) is 15.2. The SMILES string of the molecule is Cc1ccc(S(=O)(=O)Nc2ccc(F)cc2)cc1C(=O)NCCN(C)Cc1ccccc1. The van der Waals surface area contributed by atoms with Crippen molar-refractivity contribution in [3.63, 3.8) is 0 Å². The van der Waals surface area contributed by atoms with Gasteiger partial charge in [0.25, 0.3) is 15.9 Å². The van der Waals surface area contributed by atoms with E-state index >= 15 is 0 Å². The summed E-state index contributed by atoms with van der Waals surface area (Å²) in [5.74, 6) is -0.800. The molecule has 0 unspecified atom stereocenters. The van der Waals surface area contributed by atoms with Crippen LogP contribution >= 0.6 is 0 Å². The second-order valence-corrected chi connectivity index (χ2v) is 9.25. The monoisotopic (exact) mass is 455 g/mol. The van der Waals surface area contributed by atoms with Gasteiger partial charge in [-0.15, -0.1) is 0 Å². The van der Waals surface area contributed by atoms with Crippen LogP contribution in [0.5, 0.6) is 0 Å². The van der Waals surface area contributed by atoms with Crippen LogP contribution in [0.3, 0.4) is 0 Å². The van der Waals surface area contributed by atoms with Gasteiger partial charge in [0.1, 0.15) is 5.82 Å². The Morgan fingerprint density at radius 3 is 2.38 bits per heavy atom. The van der Waals surface area contributed by atoms with Crippen LogP contribution in [0.15, 0.2) is 77.7 Å². The van der Waals surface area contributed by atoms with Crippen LogP contribution in [0.1, 0.15) is 21.5 Å². The van der Waals surface area contributed by atoms with E-state index in [0.29, 0.717) is 18.7 Å². The number of sulfonamides is 1. The van der Waals surface area contributed by atoms with Gasteiger partial charge in [0.15, 0.2) is 0 Å². The maximum atomic E-state index is 13.1. The Hall–Kier alpha value is -3.23. The van der Waals surface area contributed by atoms with Crippen LogP contribution in [0.25, 0.3) is 0 Å².